The molecule has 3 N–H and O–H groups in total. The molecule has 2 rings (SSSR count). The number of benzene rings is 1. The molecule has 0 atom stereocenters. The minimum Gasteiger partial charge on any atom is -0.434 e. The van der Waals surface area contributed by atoms with Crippen molar-refractivity contribution in [1.29, 1.82) is 5.26 Å². The van der Waals surface area contributed by atoms with E-state index in [9.17, 15) is 10.1 Å². The Morgan fingerprint density at radius 2 is 2.24 bits per heavy atom. The summed E-state index contributed by atoms with van der Waals surface area (Å²) in [6.45, 7) is 1.44. The molecule has 0 spiro atoms. The number of aryl methyl sites for hydroxylation is 1. The molecule has 2 aromatic rings. The lowest BCUT2D eigenvalue weighted by Crippen LogP contribution is -2.12. The van der Waals surface area contributed by atoms with Crippen LogP contribution in [-0.4, -0.2) is 14.9 Å². The lowest BCUT2D eigenvalue weighted by atomic mass is 10.2. The van der Waals surface area contributed by atoms with Gasteiger partial charge in [-0.15, -0.1) is 0 Å². The average molecular weight is 286 g/mol. The highest BCUT2D eigenvalue weighted by Gasteiger charge is 2.24. The number of hydrogen-bond acceptors (Lipinski definition) is 8. The second kappa shape index (κ2) is 5.81. The molecular weight excluding hydrogens is 276 g/mol. The molecule has 0 radical (unpaired) electrons. The van der Waals surface area contributed by atoms with Crippen molar-refractivity contribution in [1.82, 2.24) is 9.97 Å². The molecular formula is C12H10N6O3. The van der Waals surface area contributed by atoms with Gasteiger partial charge in [0.25, 0.3) is 0 Å². The van der Waals surface area contributed by atoms with E-state index in [0.29, 0.717) is 5.56 Å². The van der Waals surface area contributed by atoms with Crippen LogP contribution in [0.3, 0.4) is 0 Å². The van der Waals surface area contributed by atoms with Crippen LogP contribution in [0.15, 0.2) is 24.3 Å². The first-order valence-electron chi connectivity index (χ1n) is 5.73. The van der Waals surface area contributed by atoms with Crippen LogP contribution in [0.1, 0.15) is 11.3 Å². The molecule has 0 bridgehead atoms. The number of nitriles is 1. The van der Waals surface area contributed by atoms with Crippen LogP contribution >= 0.6 is 0 Å². The molecule has 0 aliphatic heterocycles. The fourth-order valence-corrected chi connectivity index (χ4v) is 1.63. The number of rotatable bonds is 4. The van der Waals surface area contributed by atoms with Crippen LogP contribution in [0.5, 0.6) is 11.6 Å². The summed E-state index contributed by atoms with van der Waals surface area (Å²) < 4.78 is 5.40. The van der Waals surface area contributed by atoms with Gasteiger partial charge in [-0.3, -0.25) is 15.5 Å². The summed E-state index contributed by atoms with van der Waals surface area (Å²) in [6, 6.07) is 8.12. The van der Waals surface area contributed by atoms with Gasteiger partial charge in [0.2, 0.25) is 5.95 Å². The smallest absolute Gasteiger partial charge is 0.352 e. The van der Waals surface area contributed by atoms with Crippen molar-refractivity contribution in [2.75, 3.05) is 5.43 Å². The third kappa shape index (κ3) is 3.02. The zero-order chi connectivity index (χ0) is 15.4. The molecule has 1 heterocycles. The Labute approximate surface area is 119 Å². The summed E-state index contributed by atoms with van der Waals surface area (Å²) in [4.78, 5) is 18.1. The quantitative estimate of drug-likeness (QED) is 0.491. The van der Waals surface area contributed by atoms with Gasteiger partial charge in [0.05, 0.1) is 16.6 Å². The minimum atomic E-state index is -0.640. The van der Waals surface area contributed by atoms with Gasteiger partial charge < -0.3 is 4.74 Å². The first kappa shape index (κ1) is 14.2. The van der Waals surface area contributed by atoms with Gasteiger partial charge in [-0.2, -0.15) is 10.2 Å². The Kier molecular flexibility index (Phi) is 3.92. The Balaban J connectivity index is 2.49. The van der Waals surface area contributed by atoms with Crippen molar-refractivity contribution in [3.8, 4) is 17.7 Å². The lowest BCUT2D eigenvalue weighted by Gasteiger charge is -2.08. The number of nitrogens with two attached hydrogens (primary N) is 1. The van der Waals surface area contributed by atoms with E-state index >= 15 is 0 Å². The molecule has 1 aromatic heterocycles. The first-order valence-corrected chi connectivity index (χ1v) is 5.73. The third-order valence-electron chi connectivity index (χ3n) is 2.52. The first-order chi connectivity index (χ1) is 10.0. The molecule has 21 heavy (non-hydrogen) atoms. The maximum Gasteiger partial charge on any atom is 0.352 e. The summed E-state index contributed by atoms with van der Waals surface area (Å²) >= 11 is 0. The van der Waals surface area contributed by atoms with Crippen molar-refractivity contribution in [2.45, 2.75) is 6.92 Å². The van der Waals surface area contributed by atoms with E-state index in [0.717, 1.165) is 0 Å². The molecule has 9 heteroatoms. The molecule has 0 aliphatic carbocycles. The topological polar surface area (TPSA) is 140 Å². The van der Waals surface area contributed by atoms with Gasteiger partial charge in [-0.05, 0) is 25.1 Å². The van der Waals surface area contributed by atoms with Crippen LogP contribution in [0.2, 0.25) is 0 Å². The van der Waals surface area contributed by atoms with E-state index in [1.807, 2.05) is 6.07 Å². The van der Waals surface area contributed by atoms with Gasteiger partial charge in [0, 0.05) is 0 Å². The molecule has 9 nitrogen and oxygen atoms in total. The number of nitrogens with one attached hydrogen (secondary N) is 1. The van der Waals surface area contributed by atoms with Crippen LogP contribution in [0, 0.1) is 28.4 Å². The van der Waals surface area contributed by atoms with Gasteiger partial charge in [0.15, 0.2) is 0 Å². The SMILES string of the molecule is Cc1nc(NN)nc(Oc2cccc(C#N)c2)c1[N+](=O)[O-]. The number of nitrogen functional groups attached to an aromatic ring is 1. The van der Waals surface area contributed by atoms with Crippen LogP contribution in [-0.2, 0) is 0 Å². The predicted octanol–water partition coefficient (Wildman–Crippen LogP) is 1.64. The van der Waals surface area contributed by atoms with E-state index in [1.54, 1.807) is 18.2 Å². The van der Waals surface area contributed by atoms with Crippen LogP contribution in [0.25, 0.3) is 0 Å². The fraction of sp³-hybridized carbons (Fsp3) is 0.0833. The molecule has 0 saturated carbocycles. The largest absolute Gasteiger partial charge is 0.434 e. The molecule has 0 unspecified atom stereocenters. The number of ether oxygens (including phenoxy) is 1. The molecule has 0 aliphatic rings. The van der Waals surface area contributed by atoms with Crippen molar-refractivity contribution in [3.63, 3.8) is 0 Å². The van der Waals surface area contributed by atoms with Crippen molar-refractivity contribution in [2.24, 2.45) is 5.84 Å². The Morgan fingerprint density at radius 1 is 1.48 bits per heavy atom. The minimum absolute atomic E-state index is 0.00969. The molecule has 1 aromatic carbocycles. The van der Waals surface area contributed by atoms with E-state index in [4.69, 9.17) is 15.8 Å². The van der Waals surface area contributed by atoms with Crippen LogP contribution in [0.4, 0.5) is 11.6 Å². The highest BCUT2D eigenvalue weighted by molar-refractivity contribution is 5.50. The third-order valence-corrected chi connectivity index (χ3v) is 2.52. The number of anilines is 1. The maximum absolute atomic E-state index is 11.1. The molecule has 0 saturated heterocycles. The fourth-order valence-electron chi connectivity index (χ4n) is 1.63. The van der Waals surface area contributed by atoms with Gasteiger partial charge >= 0.3 is 11.6 Å². The zero-order valence-corrected chi connectivity index (χ0v) is 10.9. The molecule has 0 amide bonds. The highest BCUT2D eigenvalue weighted by Crippen LogP contribution is 2.32. The maximum atomic E-state index is 11.1. The normalized spacial score (nSPS) is 9.76. The van der Waals surface area contributed by atoms with E-state index in [2.05, 4.69) is 15.4 Å². The number of nitro groups is 1. The second-order valence-electron chi connectivity index (χ2n) is 3.93. The molecule has 106 valence electrons. The van der Waals surface area contributed by atoms with Gasteiger partial charge in [0.1, 0.15) is 11.4 Å². The highest BCUT2D eigenvalue weighted by atomic mass is 16.6. The van der Waals surface area contributed by atoms with Gasteiger partial charge in [-0.1, -0.05) is 6.07 Å². The number of aromatic nitrogens is 2. The zero-order valence-electron chi connectivity index (χ0n) is 10.9. The number of nitrogens with zero attached hydrogens (tertiary/aromatic N) is 4. The lowest BCUT2D eigenvalue weighted by molar-refractivity contribution is -0.386. The average Bonchev–Trinajstić information content (AvgIpc) is 2.46. The second-order valence-corrected chi connectivity index (χ2v) is 3.93. The molecule has 0 fully saturated rings. The van der Waals surface area contributed by atoms with Gasteiger partial charge in [-0.25, -0.2) is 10.8 Å². The van der Waals surface area contributed by atoms with E-state index in [-0.39, 0.29) is 29.0 Å². The predicted molar refractivity (Wildman–Crippen MR) is 72.5 cm³/mol. The summed E-state index contributed by atoms with van der Waals surface area (Å²) in [6.07, 6.45) is 0. The van der Waals surface area contributed by atoms with E-state index < -0.39 is 4.92 Å². The summed E-state index contributed by atoms with van der Waals surface area (Å²) in [7, 11) is 0. The van der Waals surface area contributed by atoms with Crippen molar-refractivity contribution >= 4 is 11.6 Å². The Morgan fingerprint density at radius 3 is 2.86 bits per heavy atom. The van der Waals surface area contributed by atoms with Crippen molar-refractivity contribution < 1.29 is 9.66 Å². The number of hydrogen-bond donors (Lipinski definition) is 2. The Bertz CT molecular complexity index is 740. The summed E-state index contributed by atoms with van der Waals surface area (Å²) in [5, 5.41) is 19.9. The number of hydrazine groups is 1. The summed E-state index contributed by atoms with van der Waals surface area (Å²) in [5.41, 5.74) is 2.31. The Hall–Kier alpha value is -3.25. The van der Waals surface area contributed by atoms with Crippen LogP contribution < -0.4 is 16.0 Å². The standard InChI is InChI=1S/C12H10N6O3/c1-7-10(18(19)20)11(16-12(15-7)17-14)21-9-4-2-3-8(5-9)6-13/h2-5H,14H2,1H3,(H,15,16,17). The van der Waals surface area contributed by atoms with Crippen molar-refractivity contribution in [3.05, 3.63) is 45.6 Å². The van der Waals surface area contributed by atoms with E-state index in [1.165, 1.54) is 13.0 Å². The monoisotopic (exact) mass is 286 g/mol. The summed E-state index contributed by atoms with van der Waals surface area (Å²) in [5.74, 6) is 5.19.